The molecule has 0 bridgehead atoms. The van der Waals surface area contributed by atoms with Crippen LogP contribution in [0.15, 0.2) is 42.5 Å². The van der Waals surface area contributed by atoms with Gasteiger partial charge in [0, 0.05) is 11.8 Å². The number of aryl methyl sites for hydroxylation is 1. The van der Waals surface area contributed by atoms with Crippen molar-refractivity contribution in [2.45, 2.75) is 138 Å². The van der Waals surface area contributed by atoms with Gasteiger partial charge in [-0.3, -0.25) is 0 Å². The number of ether oxygens (including phenoxy) is 4. The van der Waals surface area contributed by atoms with Crippen molar-refractivity contribution in [3.8, 4) is 0 Å². The molecule has 292 valence electrons. The van der Waals surface area contributed by atoms with Crippen LogP contribution in [0.4, 0.5) is 20.2 Å². The lowest BCUT2D eigenvalue weighted by Gasteiger charge is -2.29. The van der Waals surface area contributed by atoms with Gasteiger partial charge < -0.3 is 28.6 Å². The van der Waals surface area contributed by atoms with Crippen LogP contribution in [-0.2, 0) is 38.3 Å². The Kier molecular flexibility index (Phi) is 12.0. The quantitative estimate of drug-likeness (QED) is 0.122. The number of hydrogen-bond acceptors (Lipinski definition) is 10. The van der Waals surface area contributed by atoms with Crippen LogP contribution in [0.25, 0.3) is 21.9 Å². The molecular weight excluding hydrogens is 692 g/mol. The first-order valence-corrected chi connectivity index (χ1v) is 18.2. The second kappa shape index (κ2) is 15.6. The van der Waals surface area contributed by atoms with E-state index in [2.05, 4.69) is 6.92 Å². The fourth-order valence-electron chi connectivity index (χ4n) is 5.75. The molecule has 0 fully saturated rings. The van der Waals surface area contributed by atoms with Gasteiger partial charge in [-0.25, -0.2) is 29.1 Å². The third kappa shape index (κ3) is 10.9. The van der Waals surface area contributed by atoms with Crippen LogP contribution in [0.2, 0.25) is 0 Å². The number of carbonyl (C=O) groups excluding carboxylic acids is 3. The molecular formula is C41H54N4O9. The van der Waals surface area contributed by atoms with Gasteiger partial charge in [-0.2, -0.15) is 4.90 Å². The van der Waals surface area contributed by atoms with Crippen LogP contribution in [0, 0.1) is 0 Å². The van der Waals surface area contributed by atoms with Crippen LogP contribution >= 0.6 is 0 Å². The average molecular weight is 747 g/mol. The third-order valence-electron chi connectivity index (χ3n) is 7.79. The number of aromatic nitrogens is 3. The number of fused-ring (bicyclic) bond motifs is 3. The summed E-state index contributed by atoms with van der Waals surface area (Å²) in [6.45, 7) is 21.2. The number of benzene rings is 2. The van der Waals surface area contributed by atoms with Crippen LogP contribution < -0.4 is 4.90 Å². The molecule has 0 spiro atoms. The standard InChI is InChI=1S/C41H54N4O9/c1-13-14-18-30-43-31-32(44(30)24-41(11,12)54-37(50)53-40(8,9)10)28-20-19-26(21-25-16-15-17-27(22-25)34(46)47)23-29(28)42-33(31)45(35(48)51-38(2,3)4)36(49)52-39(5,6)7/h15-17,19-20,22-23H,13-14,18,21,24H2,1-12H3,(H,46,47). The molecule has 2 aromatic carbocycles. The molecule has 0 atom stereocenters. The van der Waals surface area contributed by atoms with Gasteiger partial charge in [0.15, 0.2) is 5.82 Å². The number of rotatable bonds is 10. The molecule has 1 N–H and O–H groups in total. The second-order valence-corrected chi connectivity index (χ2v) is 17.0. The Balaban J connectivity index is 2.04. The van der Waals surface area contributed by atoms with Crippen molar-refractivity contribution in [1.82, 2.24) is 14.5 Å². The zero-order chi connectivity index (χ0) is 40.4. The number of unbranched alkanes of at least 4 members (excludes halogenated alkanes) is 1. The monoisotopic (exact) mass is 746 g/mol. The van der Waals surface area contributed by atoms with Gasteiger partial charge in [0.05, 0.1) is 23.1 Å². The maximum Gasteiger partial charge on any atom is 0.509 e. The molecule has 0 saturated heterocycles. The van der Waals surface area contributed by atoms with E-state index < -0.39 is 46.7 Å². The average Bonchev–Trinajstić information content (AvgIpc) is 3.34. The van der Waals surface area contributed by atoms with Crippen LogP contribution in [0.3, 0.4) is 0 Å². The van der Waals surface area contributed by atoms with E-state index in [1.165, 1.54) is 6.07 Å². The Hall–Kier alpha value is -5.20. The lowest BCUT2D eigenvalue weighted by molar-refractivity contribution is -0.0582. The first-order valence-electron chi connectivity index (χ1n) is 18.2. The number of carbonyl (C=O) groups is 4. The first-order chi connectivity index (χ1) is 24.9. The minimum atomic E-state index is -1.10. The largest absolute Gasteiger partial charge is 0.509 e. The zero-order valence-electron chi connectivity index (χ0n) is 33.6. The van der Waals surface area contributed by atoms with Crippen molar-refractivity contribution in [2.24, 2.45) is 0 Å². The summed E-state index contributed by atoms with van der Waals surface area (Å²) in [5.41, 5.74) is -0.841. The number of imidazole rings is 1. The number of nitrogens with zero attached hydrogens (tertiary/aromatic N) is 4. The van der Waals surface area contributed by atoms with Gasteiger partial charge in [-0.1, -0.05) is 37.6 Å². The molecule has 0 aliphatic carbocycles. The predicted molar refractivity (Wildman–Crippen MR) is 206 cm³/mol. The maximum atomic E-state index is 14.0. The number of anilines is 1. The summed E-state index contributed by atoms with van der Waals surface area (Å²) in [6.07, 6.45) is -0.261. The Morgan fingerprint density at radius 3 is 1.91 bits per heavy atom. The Morgan fingerprint density at radius 2 is 1.35 bits per heavy atom. The summed E-state index contributed by atoms with van der Waals surface area (Å²) in [6, 6.07) is 12.3. The summed E-state index contributed by atoms with van der Waals surface area (Å²) in [5, 5.41) is 10.2. The molecule has 0 unspecified atom stereocenters. The van der Waals surface area contributed by atoms with E-state index >= 15 is 0 Å². The molecule has 0 aliphatic rings. The second-order valence-electron chi connectivity index (χ2n) is 17.0. The van der Waals surface area contributed by atoms with Gasteiger partial charge in [-0.15, -0.1) is 0 Å². The number of hydrogen-bond donors (Lipinski definition) is 1. The molecule has 0 saturated carbocycles. The summed E-state index contributed by atoms with van der Waals surface area (Å²) >= 11 is 0. The number of carboxylic acids is 1. The summed E-state index contributed by atoms with van der Waals surface area (Å²) in [5.74, 6) is -0.487. The van der Waals surface area contributed by atoms with Gasteiger partial charge in [0.1, 0.15) is 33.7 Å². The van der Waals surface area contributed by atoms with E-state index in [1.54, 1.807) is 88.3 Å². The lowest BCUT2D eigenvalue weighted by Crippen LogP contribution is -2.44. The number of carboxylic acid groups (broad SMARTS) is 1. The Labute approximate surface area is 316 Å². The topological polar surface area (TPSA) is 159 Å². The molecule has 2 amide bonds. The Morgan fingerprint density at radius 1 is 0.759 bits per heavy atom. The zero-order valence-corrected chi connectivity index (χ0v) is 33.6. The van der Waals surface area contributed by atoms with Crippen molar-refractivity contribution in [3.63, 3.8) is 0 Å². The summed E-state index contributed by atoms with van der Waals surface area (Å²) in [4.78, 5) is 63.3. The molecule has 0 radical (unpaired) electrons. The van der Waals surface area contributed by atoms with E-state index in [4.69, 9.17) is 28.9 Å². The molecule has 2 heterocycles. The molecule has 4 aromatic rings. The van der Waals surface area contributed by atoms with Crippen molar-refractivity contribution in [2.75, 3.05) is 4.90 Å². The maximum absolute atomic E-state index is 14.0. The fraction of sp³-hybridized carbons (Fsp3) is 0.512. The first kappa shape index (κ1) is 41.6. The highest BCUT2D eigenvalue weighted by atomic mass is 16.7. The van der Waals surface area contributed by atoms with Gasteiger partial charge in [-0.05, 0) is 118 Å². The molecule has 13 heteroatoms. The summed E-state index contributed by atoms with van der Waals surface area (Å²) < 4.78 is 24.8. The highest BCUT2D eigenvalue weighted by Gasteiger charge is 2.37. The van der Waals surface area contributed by atoms with Crippen LogP contribution in [0.5, 0.6) is 0 Å². The molecule has 54 heavy (non-hydrogen) atoms. The predicted octanol–water partition coefficient (Wildman–Crippen LogP) is 9.62. The number of pyridine rings is 1. The third-order valence-corrected chi connectivity index (χ3v) is 7.79. The van der Waals surface area contributed by atoms with E-state index in [1.807, 2.05) is 28.8 Å². The molecule has 13 nitrogen and oxygen atoms in total. The van der Waals surface area contributed by atoms with Crippen molar-refractivity contribution in [1.29, 1.82) is 0 Å². The van der Waals surface area contributed by atoms with Crippen molar-refractivity contribution >= 4 is 52.1 Å². The smallest absolute Gasteiger partial charge is 0.478 e. The van der Waals surface area contributed by atoms with E-state index in [9.17, 15) is 24.3 Å². The Bertz CT molecular complexity index is 2020. The molecule has 2 aromatic heterocycles. The minimum Gasteiger partial charge on any atom is -0.478 e. The fourth-order valence-corrected chi connectivity index (χ4v) is 5.75. The van der Waals surface area contributed by atoms with E-state index in [0.717, 1.165) is 28.9 Å². The minimum absolute atomic E-state index is 0.0895. The lowest BCUT2D eigenvalue weighted by atomic mass is 10.0. The SMILES string of the molecule is CCCCc1nc2c(N(C(=O)OC(C)(C)C)C(=O)OC(C)(C)C)nc3cc(Cc4cccc(C(=O)O)c4)ccc3c2n1CC(C)(C)OC(=O)OC(C)(C)C. The van der Waals surface area contributed by atoms with Gasteiger partial charge in [0.2, 0.25) is 0 Å². The van der Waals surface area contributed by atoms with E-state index in [0.29, 0.717) is 35.1 Å². The number of imide groups is 1. The van der Waals surface area contributed by atoms with Crippen LogP contribution in [0.1, 0.15) is 123 Å². The van der Waals surface area contributed by atoms with Crippen LogP contribution in [-0.4, -0.2) is 66.4 Å². The summed E-state index contributed by atoms with van der Waals surface area (Å²) in [7, 11) is 0. The normalized spacial score (nSPS) is 12.4. The van der Waals surface area contributed by atoms with Crippen molar-refractivity contribution < 1.29 is 43.2 Å². The number of amides is 2. The van der Waals surface area contributed by atoms with Crippen molar-refractivity contribution in [3.05, 3.63) is 65.0 Å². The molecule has 0 aliphatic heterocycles. The number of aromatic carboxylic acids is 1. The van der Waals surface area contributed by atoms with E-state index in [-0.39, 0.29) is 23.4 Å². The van der Waals surface area contributed by atoms with Gasteiger partial charge >= 0.3 is 24.3 Å². The highest BCUT2D eigenvalue weighted by Crippen LogP contribution is 2.36. The highest BCUT2D eigenvalue weighted by molar-refractivity contribution is 6.17. The molecule has 4 rings (SSSR count). The van der Waals surface area contributed by atoms with Gasteiger partial charge in [0.25, 0.3) is 0 Å².